The first-order chi connectivity index (χ1) is 9.03. The van der Waals surface area contributed by atoms with E-state index in [0.717, 1.165) is 5.56 Å². The standard InChI is InChI=1S/C14H19NO4/c1-14(9-16,10-17)15-13(18)7-6-11-4-3-5-12(8-11)19-2/h3-8,16-17H,9-10H2,1-2H3,(H,15,18)/b7-6+. The lowest BCUT2D eigenvalue weighted by atomic mass is 10.1. The van der Waals surface area contributed by atoms with Crippen LogP contribution < -0.4 is 10.1 Å². The Morgan fingerprint density at radius 3 is 2.68 bits per heavy atom. The van der Waals surface area contributed by atoms with Crippen molar-refractivity contribution in [3.63, 3.8) is 0 Å². The van der Waals surface area contributed by atoms with E-state index in [1.807, 2.05) is 18.2 Å². The van der Waals surface area contributed by atoms with Gasteiger partial charge in [0.05, 0.1) is 25.9 Å². The van der Waals surface area contributed by atoms with Gasteiger partial charge < -0.3 is 20.3 Å². The van der Waals surface area contributed by atoms with E-state index < -0.39 is 5.54 Å². The molecule has 0 aliphatic rings. The summed E-state index contributed by atoms with van der Waals surface area (Å²) in [5, 5.41) is 20.7. The molecule has 0 saturated carbocycles. The van der Waals surface area contributed by atoms with Gasteiger partial charge in [0.15, 0.2) is 0 Å². The molecule has 3 N–H and O–H groups in total. The Hall–Kier alpha value is -1.85. The van der Waals surface area contributed by atoms with Crippen molar-refractivity contribution in [3.8, 4) is 5.75 Å². The maximum absolute atomic E-state index is 11.7. The van der Waals surface area contributed by atoms with Crippen molar-refractivity contribution in [3.05, 3.63) is 35.9 Å². The van der Waals surface area contributed by atoms with E-state index in [4.69, 9.17) is 14.9 Å². The highest BCUT2D eigenvalue weighted by atomic mass is 16.5. The van der Waals surface area contributed by atoms with Gasteiger partial charge in [-0.25, -0.2) is 0 Å². The average Bonchev–Trinajstić information content (AvgIpc) is 2.45. The SMILES string of the molecule is COc1cccc(/C=C/C(=O)NC(C)(CO)CO)c1. The van der Waals surface area contributed by atoms with Crippen LogP contribution in [0.3, 0.4) is 0 Å². The topological polar surface area (TPSA) is 78.8 Å². The Morgan fingerprint density at radius 2 is 2.11 bits per heavy atom. The maximum Gasteiger partial charge on any atom is 0.244 e. The molecular weight excluding hydrogens is 246 g/mol. The van der Waals surface area contributed by atoms with Gasteiger partial charge in [0.25, 0.3) is 0 Å². The van der Waals surface area contributed by atoms with Crippen LogP contribution in [0, 0.1) is 0 Å². The molecule has 0 spiro atoms. The van der Waals surface area contributed by atoms with Gasteiger partial charge in [0, 0.05) is 6.08 Å². The molecule has 5 heteroatoms. The number of nitrogens with one attached hydrogen (secondary N) is 1. The smallest absolute Gasteiger partial charge is 0.244 e. The van der Waals surface area contributed by atoms with Crippen LogP contribution in [0.5, 0.6) is 5.75 Å². The van der Waals surface area contributed by atoms with Gasteiger partial charge in [-0.3, -0.25) is 4.79 Å². The van der Waals surface area contributed by atoms with Crippen LogP contribution in [-0.4, -0.2) is 42.0 Å². The summed E-state index contributed by atoms with van der Waals surface area (Å²) >= 11 is 0. The number of benzene rings is 1. The molecule has 0 unspecified atom stereocenters. The molecule has 0 atom stereocenters. The highest BCUT2D eigenvalue weighted by Crippen LogP contribution is 2.13. The van der Waals surface area contributed by atoms with Gasteiger partial charge in [-0.2, -0.15) is 0 Å². The minimum Gasteiger partial charge on any atom is -0.497 e. The lowest BCUT2D eigenvalue weighted by Crippen LogP contribution is -2.51. The maximum atomic E-state index is 11.7. The number of amides is 1. The summed E-state index contributed by atoms with van der Waals surface area (Å²) in [5.41, 5.74) is -0.195. The number of ether oxygens (including phenoxy) is 1. The molecule has 19 heavy (non-hydrogen) atoms. The third-order valence-corrected chi connectivity index (χ3v) is 2.64. The van der Waals surface area contributed by atoms with Crippen molar-refractivity contribution in [2.24, 2.45) is 0 Å². The second-order valence-electron chi connectivity index (χ2n) is 4.48. The van der Waals surface area contributed by atoms with E-state index >= 15 is 0 Å². The fraction of sp³-hybridized carbons (Fsp3) is 0.357. The highest BCUT2D eigenvalue weighted by Gasteiger charge is 2.23. The fourth-order valence-electron chi connectivity index (χ4n) is 1.39. The molecule has 1 rings (SSSR count). The third kappa shape index (κ3) is 4.73. The zero-order valence-corrected chi connectivity index (χ0v) is 11.1. The van der Waals surface area contributed by atoms with Crippen molar-refractivity contribution < 1.29 is 19.7 Å². The quantitative estimate of drug-likeness (QED) is 0.657. The number of carbonyl (C=O) groups excluding carboxylic acids is 1. The van der Waals surface area contributed by atoms with Crippen LogP contribution in [0.2, 0.25) is 0 Å². The summed E-state index contributed by atoms with van der Waals surface area (Å²) in [6.45, 7) is 0.898. The fourth-order valence-corrected chi connectivity index (χ4v) is 1.39. The van der Waals surface area contributed by atoms with Gasteiger partial charge in [0.2, 0.25) is 5.91 Å². The Morgan fingerprint density at radius 1 is 1.42 bits per heavy atom. The second kappa shape index (κ2) is 6.92. The van der Waals surface area contributed by atoms with E-state index in [2.05, 4.69) is 5.32 Å². The summed E-state index contributed by atoms with van der Waals surface area (Å²) < 4.78 is 5.08. The minimum atomic E-state index is -1.02. The summed E-state index contributed by atoms with van der Waals surface area (Å²) in [5.74, 6) is 0.325. The van der Waals surface area contributed by atoms with Crippen molar-refractivity contribution >= 4 is 12.0 Å². The van der Waals surface area contributed by atoms with Crippen molar-refractivity contribution in [1.82, 2.24) is 5.32 Å². The molecule has 0 bridgehead atoms. The van der Waals surface area contributed by atoms with Crippen molar-refractivity contribution in [2.75, 3.05) is 20.3 Å². The monoisotopic (exact) mass is 265 g/mol. The first-order valence-electron chi connectivity index (χ1n) is 5.89. The summed E-state index contributed by atoms with van der Waals surface area (Å²) in [6, 6.07) is 7.26. The molecule has 0 aromatic heterocycles. The first-order valence-corrected chi connectivity index (χ1v) is 5.89. The van der Waals surface area contributed by atoms with E-state index in [1.54, 1.807) is 26.2 Å². The van der Waals surface area contributed by atoms with Gasteiger partial charge in [-0.15, -0.1) is 0 Å². The number of aliphatic hydroxyl groups is 2. The van der Waals surface area contributed by atoms with E-state index in [-0.39, 0.29) is 19.1 Å². The van der Waals surface area contributed by atoms with Gasteiger partial charge >= 0.3 is 0 Å². The predicted molar refractivity (Wildman–Crippen MR) is 72.7 cm³/mol. The van der Waals surface area contributed by atoms with E-state index in [9.17, 15) is 4.79 Å². The minimum absolute atomic E-state index is 0.331. The Bertz CT molecular complexity index is 453. The zero-order valence-electron chi connectivity index (χ0n) is 11.1. The number of aliphatic hydroxyl groups excluding tert-OH is 2. The Labute approximate surface area is 112 Å². The van der Waals surface area contributed by atoms with Crippen LogP contribution in [0.15, 0.2) is 30.3 Å². The van der Waals surface area contributed by atoms with Crippen LogP contribution in [0.4, 0.5) is 0 Å². The van der Waals surface area contributed by atoms with Crippen LogP contribution in [-0.2, 0) is 4.79 Å². The lowest BCUT2D eigenvalue weighted by Gasteiger charge is -2.25. The number of rotatable bonds is 6. The number of methoxy groups -OCH3 is 1. The highest BCUT2D eigenvalue weighted by molar-refractivity contribution is 5.92. The van der Waals surface area contributed by atoms with Crippen molar-refractivity contribution in [2.45, 2.75) is 12.5 Å². The zero-order chi connectivity index (χ0) is 14.3. The number of carbonyl (C=O) groups is 1. The van der Waals surface area contributed by atoms with E-state index in [0.29, 0.717) is 5.75 Å². The average molecular weight is 265 g/mol. The molecule has 0 aliphatic heterocycles. The molecular formula is C14H19NO4. The molecule has 0 aliphatic carbocycles. The van der Waals surface area contributed by atoms with Crippen molar-refractivity contribution in [1.29, 1.82) is 0 Å². The summed E-state index contributed by atoms with van der Waals surface area (Å²) in [4.78, 5) is 11.7. The predicted octanol–water partition coefficient (Wildman–Crippen LogP) is 0.568. The van der Waals surface area contributed by atoms with Gasteiger partial charge in [0.1, 0.15) is 5.75 Å². The molecule has 0 heterocycles. The summed E-state index contributed by atoms with van der Waals surface area (Å²) in [7, 11) is 1.57. The molecule has 1 aromatic carbocycles. The normalized spacial score (nSPS) is 11.6. The molecule has 0 fully saturated rings. The number of hydrogen-bond donors (Lipinski definition) is 3. The van der Waals surface area contributed by atoms with Crippen LogP contribution in [0.1, 0.15) is 12.5 Å². The molecule has 1 amide bonds. The lowest BCUT2D eigenvalue weighted by molar-refractivity contribution is -0.119. The molecule has 0 radical (unpaired) electrons. The van der Waals surface area contributed by atoms with Crippen LogP contribution in [0.25, 0.3) is 6.08 Å². The molecule has 104 valence electrons. The van der Waals surface area contributed by atoms with E-state index in [1.165, 1.54) is 6.08 Å². The molecule has 0 saturated heterocycles. The largest absolute Gasteiger partial charge is 0.497 e. The third-order valence-electron chi connectivity index (χ3n) is 2.64. The number of hydrogen-bond acceptors (Lipinski definition) is 4. The van der Waals surface area contributed by atoms with Crippen LogP contribution >= 0.6 is 0 Å². The Kier molecular flexibility index (Phi) is 5.54. The molecule has 5 nitrogen and oxygen atoms in total. The first kappa shape index (κ1) is 15.2. The van der Waals surface area contributed by atoms with Gasteiger partial charge in [-0.1, -0.05) is 12.1 Å². The van der Waals surface area contributed by atoms with Gasteiger partial charge in [-0.05, 0) is 30.7 Å². The molecule has 1 aromatic rings. The summed E-state index contributed by atoms with van der Waals surface area (Å²) in [6.07, 6.45) is 2.98. The Balaban J connectivity index is 2.68. The second-order valence-corrected chi connectivity index (χ2v) is 4.48.